The largest absolute Gasteiger partial charge is 0.467 e. The van der Waals surface area contributed by atoms with E-state index >= 15 is 0 Å². The number of carbonyl (C=O) groups is 2. The number of benzene rings is 1. The summed E-state index contributed by atoms with van der Waals surface area (Å²) >= 11 is 1.48. The lowest BCUT2D eigenvalue weighted by molar-refractivity contribution is -0.135. The zero-order valence-electron chi connectivity index (χ0n) is 14.5. The first-order chi connectivity index (χ1) is 12.7. The second kappa shape index (κ2) is 7.58. The molecule has 2 amide bonds. The van der Waals surface area contributed by atoms with E-state index in [9.17, 15) is 9.59 Å². The Kier molecular flexibility index (Phi) is 5.02. The number of furan rings is 1. The van der Waals surface area contributed by atoms with Crippen LogP contribution in [-0.2, 0) is 16.1 Å². The van der Waals surface area contributed by atoms with Gasteiger partial charge in [0, 0.05) is 17.4 Å². The lowest BCUT2D eigenvalue weighted by Crippen LogP contribution is -2.41. The molecule has 2 heterocycles. The summed E-state index contributed by atoms with van der Waals surface area (Å²) in [6.45, 7) is 0.478. The first kappa shape index (κ1) is 17.2. The number of fused-ring (bicyclic) bond motifs is 1. The Morgan fingerprint density at radius 1 is 1.19 bits per heavy atom. The Balaban J connectivity index is 1.48. The highest BCUT2D eigenvalue weighted by atomic mass is 32.2. The number of carbonyl (C=O) groups excluding carboxylic acids is 2. The number of hydrogen-bond donors (Lipinski definition) is 1. The second-order valence-corrected chi connectivity index (χ2v) is 8.08. The van der Waals surface area contributed by atoms with Gasteiger partial charge in [-0.1, -0.05) is 25.0 Å². The summed E-state index contributed by atoms with van der Waals surface area (Å²) in [5, 5.41) is 2.53. The minimum absolute atomic E-state index is 0.0281. The third-order valence-electron chi connectivity index (χ3n) is 5.06. The van der Waals surface area contributed by atoms with E-state index in [0.717, 1.165) is 42.0 Å². The van der Waals surface area contributed by atoms with Crippen LogP contribution in [0.4, 0.5) is 5.69 Å². The summed E-state index contributed by atoms with van der Waals surface area (Å²) in [6.07, 6.45) is 6.20. The van der Waals surface area contributed by atoms with Gasteiger partial charge in [0.05, 0.1) is 23.7 Å². The summed E-state index contributed by atoms with van der Waals surface area (Å²) in [5.41, 5.74) is 0.828. The maximum absolute atomic E-state index is 13.1. The van der Waals surface area contributed by atoms with Crippen LogP contribution in [0.1, 0.15) is 37.9 Å². The zero-order chi connectivity index (χ0) is 17.9. The maximum Gasteiger partial charge on any atom is 0.238 e. The van der Waals surface area contributed by atoms with Crippen LogP contribution in [0.15, 0.2) is 52.0 Å². The maximum atomic E-state index is 13.1. The number of thioether (sulfide) groups is 1. The summed E-state index contributed by atoms with van der Waals surface area (Å²) in [5.74, 6) is 0.725. The van der Waals surface area contributed by atoms with Gasteiger partial charge in [-0.3, -0.25) is 9.59 Å². The molecule has 1 saturated carbocycles. The highest BCUT2D eigenvalue weighted by Crippen LogP contribution is 2.37. The van der Waals surface area contributed by atoms with E-state index in [1.54, 1.807) is 6.26 Å². The van der Waals surface area contributed by atoms with Crippen molar-refractivity contribution in [2.45, 2.75) is 54.8 Å². The van der Waals surface area contributed by atoms with Crippen LogP contribution in [0.3, 0.4) is 0 Å². The van der Waals surface area contributed by atoms with Crippen molar-refractivity contribution < 1.29 is 14.0 Å². The van der Waals surface area contributed by atoms with Crippen LogP contribution in [0.25, 0.3) is 0 Å². The average molecular weight is 370 g/mol. The normalized spacial score (nSPS) is 19.8. The minimum atomic E-state index is -0.391. The van der Waals surface area contributed by atoms with Crippen molar-refractivity contribution in [3.05, 3.63) is 48.4 Å². The summed E-state index contributed by atoms with van der Waals surface area (Å²) in [7, 11) is 0. The molecule has 4 rings (SSSR count). The number of amides is 2. The first-order valence-electron chi connectivity index (χ1n) is 9.09. The van der Waals surface area contributed by atoms with Gasteiger partial charge < -0.3 is 14.6 Å². The Morgan fingerprint density at radius 2 is 2.00 bits per heavy atom. The van der Waals surface area contributed by atoms with Crippen molar-refractivity contribution in [2.75, 3.05) is 5.32 Å². The molecule has 1 aliphatic carbocycles. The second-order valence-electron chi connectivity index (χ2n) is 6.84. The molecule has 5 nitrogen and oxygen atoms in total. The molecule has 0 bridgehead atoms. The summed E-state index contributed by atoms with van der Waals surface area (Å²) < 4.78 is 5.45. The van der Waals surface area contributed by atoms with Gasteiger partial charge in [-0.15, -0.1) is 11.8 Å². The van der Waals surface area contributed by atoms with Crippen LogP contribution < -0.4 is 5.32 Å². The van der Waals surface area contributed by atoms with Crippen molar-refractivity contribution in [3.63, 3.8) is 0 Å². The van der Waals surface area contributed by atoms with Crippen LogP contribution in [0.2, 0.25) is 0 Å². The van der Waals surface area contributed by atoms with Crippen molar-refractivity contribution in [1.82, 2.24) is 4.90 Å². The van der Waals surface area contributed by atoms with Crippen LogP contribution >= 0.6 is 11.8 Å². The number of para-hydroxylation sites is 1. The Morgan fingerprint density at radius 3 is 2.77 bits per heavy atom. The van der Waals surface area contributed by atoms with Gasteiger partial charge in [0.15, 0.2) is 0 Å². The summed E-state index contributed by atoms with van der Waals surface area (Å²) in [6, 6.07) is 11.7. The third kappa shape index (κ3) is 3.65. The van der Waals surface area contributed by atoms with Gasteiger partial charge in [-0.2, -0.15) is 0 Å². The van der Waals surface area contributed by atoms with E-state index in [1.807, 2.05) is 41.3 Å². The molecular weight excluding hydrogens is 348 g/mol. The molecule has 6 heteroatoms. The number of rotatable bonds is 5. The third-order valence-corrected chi connectivity index (χ3v) is 6.33. The fraction of sp³-hybridized carbons (Fsp3) is 0.400. The Labute approximate surface area is 157 Å². The molecule has 0 spiro atoms. The number of hydrogen-bond acceptors (Lipinski definition) is 4. The number of nitrogens with one attached hydrogen (secondary N) is 1. The molecular formula is C20H22N2O3S. The van der Waals surface area contributed by atoms with Gasteiger partial charge in [-0.05, 0) is 37.1 Å². The van der Waals surface area contributed by atoms with Gasteiger partial charge in [0.1, 0.15) is 5.76 Å². The van der Waals surface area contributed by atoms with Crippen molar-refractivity contribution in [1.29, 1.82) is 0 Å². The molecule has 1 N–H and O–H groups in total. The van der Waals surface area contributed by atoms with E-state index in [2.05, 4.69) is 5.32 Å². The van der Waals surface area contributed by atoms with E-state index in [-0.39, 0.29) is 24.3 Å². The lowest BCUT2D eigenvalue weighted by atomic mass is 10.1. The first-order valence-corrected chi connectivity index (χ1v) is 9.97. The average Bonchev–Trinajstić information content (AvgIpc) is 3.34. The van der Waals surface area contributed by atoms with Gasteiger partial charge >= 0.3 is 0 Å². The predicted molar refractivity (Wildman–Crippen MR) is 101 cm³/mol. The van der Waals surface area contributed by atoms with E-state index in [4.69, 9.17) is 4.42 Å². The fourth-order valence-electron chi connectivity index (χ4n) is 3.71. The molecule has 1 aromatic heterocycles. The Bertz CT molecular complexity index is 784. The van der Waals surface area contributed by atoms with E-state index in [1.165, 1.54) is 11.8 Å². The molecule has 1 aromatic carbocycles. The van der Waals surface area contributed by atoms with Crippen LogP contribution in [-0.4, -0.2) is 28.0 Å². The quantitative estimate of drug-likeness (QED) is 0.862. The molecule has 0 radical (unpaired) electrons. The van der Waals surface area contributed by atoms with E-state index in [0.29, 0.717) is 6.54 Å². The highest BCUT2D eigenvalue weighted by Gasteiger charge is 2.33. The van der Waals surface area contributed by atoms with Crippen molar-refractivity contribution >= 4 is 29.3 Å². The van der Waals surface area contributed by atoms with Gasteiger partial charge in [0.25, 0.3) is 0 Å². The standard InChI is InChI=1S/C20H22N2O3S/c23-19(12-18-20(24)21-16-9-3-4-10-17(16)26-18)22(14-6-1-2-7-14)13-15-8-5-11-25-15/h3-5,8-11,14,18H,1-2,6-7,12-13H2,(H,21,24). The van der Waals surface area contributed by atoms with Gasteiger partial charge in [-0.25, -0.2) is 0 Å². The molecule has 2 aliphatic rings. The predicted octanol–water partition coefficient (Wildman–Crippen LogP) is 4.05. The molecule has 136 valence electrons. The molecule has 1 aliphatic heterocycles. The zero-order valence-corrected chi connectivity index (χ0v) is 15.3. The molecule has 2 aromatic rings. The smallest absolute Gasteiger partial charge is 0.238 e. The number of nitrogens with zero attached hydrogens (tertiary/aromatic N) is 1. The molecule has 26 heavy (non-hydrogen) atoms. The highest BCUT2D eigenvalue weighted by molar-refractivity contribution is 8.01. The molecule has 0 saturated heterocycles. The van der Waals surface area contributed by atoms with Crippen molar-refractivity contribution in [2.24, 2.45) is 0 Å². The topological polar surface area (TPSA) is 62.6 Å². The van der Waals surface area contributed by atoms with Crippen molar-refractivity contribution in [3.8, 4) is 0 Å². The van der Waals surface area contributed by atoms with E-state index < -0.39 is 5.25 Å². The Hall–Kier alpha value is -2.21. The monoisotopic (exact) mass is 370 g/mol. The van der Waals surface area contributed by atoms with Gasteiger partial charge in [0.2, 0.25) is 11.8 Å². The van der Waals surface area contributed by atoms with Crippen LogP contribution in [0.5, 0.6) is 0 Å². The molecule has 1 atom stereocenters. The lowest BCUT2D eigenvalue weighted by Gasteiger charge is -2.30. The minimum Gasteiger partial charge on any atom is -0.467 e. The fourth-order valence-corrected chi connectivity index (χ4v) is 4.81. The number of anilines is 1. The molecule has 1 fully saturated rings. The summed E-state index contributed by atoms with van der Waals surface area (Å²) in [4.78, 5) is 28.4. The SMILES string of the molecule is O=C1Nc2ccccc2SC1CC(=O)N(Cc1ccco1)C1CCCC1. The molecule has 1 unspecified atom stereocenters. The van der Waals surface area contributed by atoms with Crippen LogP contribution in [0, 0.1) is 0 Å².